The van der Waals surface area contributed by atoms with E-state index in [2.05, 4.69) is 39.6 Å². The van der Waals surface area contributed by atoms with Crippen LogP contribution in [0, 0.1) is 5.92 Å². The maximum absolute atomic E-state index is 11.0. The molecule has 0 aromatic heterocycles. The molecule has 0 fully saturated rings. The van der Waals surface area contributed by atoms with Gasteiger partial charge in [0.05, 0.1) is 0 Å². The van der Waals surface area contributed by atoms with Gasteiger partial charge in [-0.05, 0) is 40.2 Å². The van der Waals surface area contributed by atoms with Gasteiger partial charge in [0.15, 0.2) is 0 Å². The van der Waals surface area contributed by atoms with Crippen molar-refractivity contribution >= 4 is 5.78 Å². The predicted octanol–water partition coefficient (Wildman–Crippen LogP) is 2.72. The molecule has 2 nitrogen and oxygen atoms in total. The summed E-state index contributed by atoms with van der Waals surface area (Å²) in [5, 5.41) is 0. The summed E-state index contributed by atoms with van der Waals surface area (Å²) in [4.78, 5) is 13.3. The Bertz CT molecular complexity index is 177. The highest BCUT2D eigenvalue weighted by Gasteiger charge is 2.17. The quantitative estimate of drug-likeness (QED) is 0.655. The Hall–Kier alpha value is -0.370. The van der Waals surface area contributed by atoms with Crippen molar-refractivity contribution in [2.24, 2.45) is 5.92 Å². The Balaban J connectivity index is 4.02. The lowest BCUT2D eigenvalue weighted by molar-refractivity contribution is -0.118. The maximum atomic E-state index is 11.0. The summed E-state index contributed by atoms with van der Waals surface area (Å²) in [6.45, 7) is 10.5. The van der Waals surface area contributed by atoms with Crippen LogP contribution in [0.2, 0.25) is 0 Å². The van der Waals surface area contributed by atoms with Crippen molar-refractivity contribution in [1.29, 1.82) is 0 Å². The third kappa shape index (κ3) is 5.38. The molecule has 0 aliphatic rings. The van der Waals surface area contributed by atoms with Crippen LogP contribution in [0.5, 0.6) is 0 Å². The van der Waals surface area contributed by atoms with Gasteiger partial charge >= 0.3 is 0 Å². The minimum Gasteiger partial charge on any atom is -0.301 e. The monoisotopic (exact) mass is 199 g/mol. The number of Topliss-reactive ketones (excluding diaryl/α,β-unsaturated/α-hetero) is 1. The highest BCUT2D eigenvalue weighted by molar-refractivity contribution is 5.76. The molecular formula is C12H25NO. The summed E-state index contributed by atoms with van der Waals surface area (Å²) in [6.07, 6.45) is 1.86. The zero-order valence-corrected chi connectivity index (χ0v) is 10.5. The van der Waals surface area contributed by atoms with Gasteiger partial charge < -0.3 is 4.90 Å². The first-order chi connectivity index (χ1) is 6.34. The Morgan fingerprint density at radius 1 is 1.14 bits per heavy atom. The summed E-state index contributed by atoms with van der Waals surface area (Å²) in [5.41, 5.74) is 0. The molecule has 0 spiro atoms. The fourth-order valence-electron chi connectivity index (χ4n) is 1.84. The Kier molecular flexibility index (Phi) is 6.01. The van der Waals surface area contributed by atoms with Gasteiger partial charge in [-0.1, -0.05) is 13.8 Å². The summed E-state index contributed by atoms with van der Waals surface area (Å²) in [7, 11) is 2.11. The van der Waals surface area contributed by atoms with Crippen LogP contribution in [-0.4, -0.2) is 29.8 Å². The first-order valence-corrected chi connectivity index (χ1v) is 5.56. The topological polar surface area (TPSA) is 20.3 Å². The lowest BCUT2D eigenvalue weighted by Gasteiger charge is -2.31. The zero-order valence-electron chi connectivity index (χ0n) is 10.5. The molecule has 0 amide bonds. The molecule has 14 heavy (non-hydrogen) atoms. The predicted molar refractivity (Wildman–Crippen MR) is 61.4 cm³/mol. The molecule has 0 heterocycles. The largest absolute Gasteiger partial charge is 0.301 e. The van der Waals surface area contributed by atoms with E-state index in [1.54, 1.807) is 6.92 Å². The van der Waals surface area contributed by atoms with Crippen molar-refractivity contribution < 1.29 is 4.79 Å². The highest BCUT2D eigenvalue weighted by atomic mass is 16.1. The van der Waals surface area contributed by atoms with Crippen molar-refractivity contribution in [3.63, 3.8) is 0 Å². The summed E-state index contributed by atoms with van der Waals surface area (Å²) in [5.74, 6) is 0.998. The average Bonchev–Trinajstić information content (AvgIpc) is 2.00. The smallest absolute Gasteiger partial charge is 0.131 e. The van der Waals surface area contributed by atoms with Crippen LogP contribution in [0.15, 0.2) is 0 Å². The Morgan fingerprint density at radius 3 is 2.00 bits per heavy atom. The summed E-state index contributed by atoms with van der Waals surface area (Å²) < 4.78 is 0. The van der Waals surface area contributed by atoms with E-state index < -0.39 is 0 Å². The number of carbonyl (C=O) groups is 1. The van der Waals surface area contributed by atoms with Crippen LogP contribution in [0.3, 0.4) is 0 Å². The molecule has 2 heteroatoms. The molecule has 0 N–H and O–H groups in total. The average molecular weight is 199 g/mol. The van der Waals surface area contributed by atoms with Crippen LogP contribution < -0.4 is 0 Å². The van der Waals surface area contributed by atoms with Gasteiger partial charge in [0, 0.05) is 18.5 Å². The molecule has 0 aliphatic carbocycles. The fourth-order valence-corrected chi connectivity index (χ4v) is 1.84. The molecule has 0 rings (SSSR count). The van der Waals surface area contributed by atoms with Gasteiger partial charge in [-0.15, -0.1) is 0 Å². The van der Waals surface area contributed by atoms with E-state index in [9.17, 15) is 4.79 Å². The van der Waals surface area contributed by atoms with Crippen LogP contribution in [-0.2, 0) is 4.79 Å². The third-order valence-electron chi connectivity index (χ3n) is 2.79. The lowest BCUT2D eigenvalue weighted by atomic mass is 10.0. The SMILES string of the molecule is CC(=O)CC(C)N(C)C(C)CC(C)C. The fraction of sp³-hybridized carbons (Fsp3) is 0.917. The van der Waals surface area contributed by atoms with E-state index in [1.165, 1.54) is 6.42 Å². The number of rotatable bonds is 6. The van der Waals surface area contributed by atoms with Gasteiger partial charge in [0.1, 0.15) is 5.78 Å². The van der Waals surface area contributed by atoms with Crippen molar-refractivity contribution in [3.8, 4) is 0 Å². The number of nitrogens with zero attached hydrogens (tertiary/aromatic N) is 1. The van der Waals surface area contributed by atoms with E-state index in [0.29, 0.717) is 18.5 Å². The van der Waals surface area contributed by atoms with E-state index >= 15 is 0 Å². The molecule has 0 aliphatic heterocycles. The molecule has 0 aromatic rings. The van der Waals surface area contributed by atoms with Gasteiger partial charge in [0.2, 0.25) is 0 Å². The molecule has 84 valence electrons. The van der Waals surface area contributed by atoms with Gasteiger partial charge in [-0.25, -0.2) is 0 Å². The maximum Gasteiger partial charge on any atom is 0.131 e. The first kappa shape index (κ1) is 13.6. The van der Waals surface area contributed by atoms with Gasteiger partial charge in [0.25, 0.3) is 0 Å². The van der Waals surface area contributed by atoms with Crippen LogP contribution in [0.1, 0.15) is 47.5 Å². The molecule has 0 radical (unpaired) electrons. The highest BCUT2D eigenvalue weighted by Crippen LogP contribution is 2.13. The normalized spacial score (nSPS) is 16.0. The minimum atomic E-state index is 0.279. The molecule has 0 aromatic carbocycles. The van der Waals surface area contributed by atoms with Gasteiger partial charge in [-0.3, -0.25) is 4.79 Å². The van der Waals surface area contributed by atoms with E-state index in [-0.39, 0.29) is 5.78 Å². The number of hydrogen-bond acceptors (Lipinski definition) is 2. The Labute approximate surface area is 88.7 Å². The first-order valence-electron chi connectivity index (χ1n) is 5.56. The number of ketones is 1. The van der Waals surface area contributed by atoms with Crippen molar-refractivity contribution in [3.05, 3.63) is 0 Å². The minimum absolute atomic E-state index is 0.279. The summed E-state index contributed by atoms with van der Waals surface area (Å²) >= 11 is 0. The molecule has 0 saturated heterocycles. The third-order valence-corrected chi connectivity index (χ3v) is 2.79. The van der Waals surface area contributed by atoms with Crippen molar-refractivity contribution in [1.82, 2.24) is 4.90 Å². The van der Waals surface area contributed by atoms with Crippen LogP contribution in [0.25, 0.3) is 0 Å². The second-order valence-corrected chi connectivity index (χ2v) is 4.90. The molecule has 0 saturated carbocycles. The molecular weight excluding hydrogens is 174 g/mol. The van der Waals surface area contributed by atoms with E-state index in [0.717, 1.165) is 5.92 Å². The molecule has 0 bridgehead atoms. The molecule has 2 unspecified atom stereocenters. The lowest BCUT2D eigenvalue weighted by Crippen LogP contribution is -2.38. The standard InChI is InChI=1S/C12H25NO/c1-9(2)7-10(3)13(6)11(4)8-12(5)14/h9-11H,7-8H2,1-6H3. The second kappa shape index (κ2) is 6.18. The Morgan fingerprint density at radius 2 is 1.64 bits per heavy atom. The van der Waals surface area contributed by atoms with Crippen LogP contribution in [0.4, 0.5) is 0 Å². The number of hydrogen-bond donors (Lipinski definition) is 0. The van der Waals surface area contributed by atoms with E-state index in [1.807, 2.05) is 0 Å². The summed E-state index contributed by atoms with van der Waals surface area (Å²) in [6, 6.07) is 0.922. The second-order valence-electron chi connectivity index (χ2n) is 4.90. The van der Waals surface area contributed by atoms with Crippen LogP contribution >= 0.6 is 0 Å². The van der Waals surface area contributed by atoms with Crippen molar-refractivity contribution in [2.45, 2.75) is 59.5 Å². The van der Waals surface area contributed by atoms with Crippen molar-refractivity contribution in [2.75, 3.05) is 7.05 Å². The zero-order chi connectivity index (χ0) is 11.3. The van der Waals surface area contributed by atoms with E-state index in [4.69, 9.17) is 0 Å². The number of carbonyl (C=O) groups excluding carboxylic acids is 1. The molecule has 2 atom stereocenters. The van der Waals surface area contributed by atoms with Gasteiger partial charge in [-0.2, -0.15) is 0 Å².